The SMILES string of the molecule is CSc1nnc(CNC(=O)c2ccccc2F)n1-c1ccccc1. The van der Waals surface area contributed by atoms with Crippen molar-refractivity contribution in [3.63, 3.8) is 0 Å². The molecule has 1 amide bonds. The second kappa shape index (κ2) is 7.27. The van der Waals surface area contributed by atoms with Crippen LogP contribution in [0.2, 0.25) is 0 Å². The predicted molar refractivity (Wildman–Crippen MR) is 90.7 cm³/mol. The maximum Gasteiger partial charge on any atom is 0.254 e. The van der Waals surface area contributed by atoms with E-state index in [1.807, 2.05) is 41.2 Å². The van der Waals surface area contributed by atoms with E-state index < -0.39 is 11.7 Å². The van der Waals surface area contributed by atoms with Crippen molar-refractivity contribution < 1.29 is 9.18 Å². The fourth-order valence-corrected chi connectivity index (χ4v) is 2.80. The monoisotopic (exact) mass is 342 g/mol. The number of aromatic nitrogens is 3. The number of para-hydroxylation sites is 1. The van der Waals surface area contributed by atoms with Crippen molar-refractivity contribution in [2.75, 3.05) is 6.26 Å². The highest BCUT2D eigenvalue weighted by Gasteiger charge is 2.15. The molecule has 122 valence electrons. The number of benzene rings is 2. The summed E-state index contributed by atoms with van der Waals surface area (Å²) >= 11 is 1.46. The highest BCUT2D eigenvalue weighted by Crippen LogP contribution is 2.19. The minimum atomic E-state index is -0.552. The van der Waals surface area contributed by atoms with Crippen LogP contribution >= 0.6 is 11.8 Å². The van der Waals surface area contributed by atoms with Crippen LogP contribution in [0, 0.1) is 5.82 Å². The van der Waals surface area contributed by atoms with Gasteiger partial charge in [-0.25, -0.2) is 4.39 Å². The Labute approximate surface area is 142 Å². The summed E-state index contributed by atoms with van der Waals surface area (Å²) in [5.74, 6) is -0.457. The Hall–Kier alpha value is -2.67. The van der Waals surface area contributed by atoms with E-state index >= 15 is 0 Å². The average Bonchev–Trinajstić information content (AvgIpc) is 3.04. The third kappa shape index (κ3) is 3.30. The Kier molecular flexibility index (Phi) is 4.90. The van der Waals surface area contributed by atoms with Crippen LogP contribution in [-0.2, 0) is 6.54 Å². The molecule has 2 aromatic carbocycles. The zero-order valence-electron chi connectivity index (χ0n) is 12.9. The van der Waals surface area contributed by atoms with Gasteiger partial charge in [0.15, 0.2) is 11.0 Å². The maximum absolute atomic E-state index is 13.7. The lowest BCUT2D eigenvalue weighted by molar-refractivity contribution is 0.0945. The van der Waals surface area contributed by atoms with Crippen molar-refractivity contribution in [2.24, 2.45) is 0 Å². The van der Waals surface area contributed by atoms with E-state index in [4.69, 9.17) is 0 Å². The molecule has 1 N–H and O–H groups in total. The summed E-state index contributed by atoms with van der Waals surface area (Å²) < 4.78 is 15.5. The molecule has 0 atom stereocenters. The van der Waals surface area contributed by atoms with Crippen LogP contribution in [0.4, 0.5) is 4.39 Å². The number of nitrogens with zero attached hydrogens (tertiary/aromatic N) is 3. The number of rotatable bonds is 5. The third-order valence-corrected chi connectivity index (χ3v) is 4.05. The molecule has 7 heteroatoms. The topological polar surface area (TPSA) is 59.8 Å². The molecule has 24 heavy (non-hydrogen) atoms. The molecule has 0 aliphatic carbocycles. The number of carbonyl (C=O) groups is 1. The van der Waals surface area contributed by atoms with E-state index in [-0.39, 0.29) is 12.1 Å². The van der Waals surface area contributed by atoms with Crippen LogP contribution in [-0.4, -0.2) is 26.9 Å². The van der Waals surface area contributed by atoms with Crippen LogP contribution in [0.5, 0.6) is 0 Å². The second-order valence-corrected chi connectivity index (χ2v) is 5.71. The van der Waals surface area contributed by atoms with Crippen LogP contribution in [0.25, 0.3) is 5.69 Å². The van der Waals surface area contributed by atoms with Crippen LogP contribution < -0.4 is 5.32 Å². The van der Waals surface area contributed by atoms with Gasteiger partial charge < -0.3 is 5.32 Å². The molecule has 1 heterocycles. The van der Waals surface area contributed by atoms with Gasteiger partial charge in [-0.05, 0) is 30.5 Å². The molecule has 0 bridgehead atoms. The van der Waals surface area contributed by atoms with Gasteiger partial charge >= 0.3 is 0 Å². The molecular formula is C17H15FN4OS. The number of hydrogen-bond donors (Lipinski definition) is 1. The van der Waals surface area contributed by atoms with Gasteiger partial charge in [-0.15, -0.1) is 10.2 Å². The first-order chi connectivity index (χ1) is 11.7. The van der Waals surface area contributed by atoms with Crippen molar-refractivity contribution >= 4 is 17.7 Å². The van der Waals surface area contributed by atoms with E-state index in [1.165, 1.54) is 23.9 Å². The first-order valence-corrected chi connectivity index (χ1v) is 8.49. The van der Waals surface area contributed by atoms with Crippen molar-refractivity contribution in [2.45, 2.75) is 11.7 Å². The fourth-order valence-electron chi connectivity index (χ4n) is 2.28. The van der Waals surface area contributed by atoms with Crippen LogP contribution in [0.15, 0.2) is 59.8 Å². The molecule has 0 aliphatic rings. The van der Waals surface area contributed by atoms with Gasteiger partial charge in [-0.1, -0.05) is 42.1 Å². The lowest BCUT2D eigenvalue weighted by Gasteiger charge is -2.10. The maximum atomic E-state index is 13.7. The number of hydrogen-bond acceptors (Lipinski definition) is 4. The molecule has 3 rings (SSSR count). The third-order valence-electron chi connectivity index (χ3n) is 3.42. The molecule has 0 saturated carbocycles. The zero-order chi connectivity index (χ0) is 16.9. The lowest BCUT2D eigenvalue weighted by Crippen LogP contribution is -2.25. The van der Waals surface area contributed by atoms with Crippen molar-refractivity contribution in [3.05, 3.63) is 71.8 Å². The first kappa shape index (κ1) is 16.2. The van der Waals surface area contributed by atoms with Gasteiger partial charge in [0.25, 0.3) is 5.91 Å². The Balaban J connectivity index is 1.83. The quantitative estimate of drug-likeness (QED) is 0.724. The molecule has 0 aliphatic heterocycles. The van der Waals surface area contributed by atoms with Gasteiger partial charge in [0.2, 0.25) is 0 Å². The molecule has 1 aromatic heterocycles. The molecule has 5 nitrogen and oxygen atoms in total. The van der Waals surface area contributed by atoms with E-state index in [9.17, 15) is 9.18 Å². The van der Waals surface area contributed by atoms with Crippen LogP contribution in [0.3, 0.4) is 0 Å². The summed E-state index contributed by atoms with van der Waals surface area (Å²) in [5.41, 5.74) is 0.912. The highest BCUT2D eigenvalue weighted by atomic mass is 32.2. The number of nitrogens with one attached hydrogen (secondary N) is 1. The van der Waals surface area contributed by atoms with E-state index in [0.29, 0.717) is 5.82 Å². The number of halogens is 1. The standard InChI is InChI=1S/C17H15FN4OS/c1-24-17-21-20-15(22(17)12-7-3-2-4-8-12)11-19-16(23)13-9-5-6-10-14(13)18/h2-10H,11H2,1H3,(H,19,23). The first-order valence-electron chi connectivity index (χ1n) is 7.27. The molecule has 0 unspecified atom stereocenters. The van der Waals surface area contributed by atoms with Gasteiger partial charge in [-0.2, -0.15) is 0 Å². The molecule has 0 fully saturated rings. The fraction of sp³-hybridized carbons (Fsp3) is 0.118. The minimum Gasteiger partial charge on any atom is -0.345 e. The number of thioether (sulfide) groups is 1. The molecule has 0 spiro atoms. The molecule has 0 radical (unpaired) electrons. The van der Waals surface area contributed by atoms with Crippen molar-refractivity contribution in [1.29, 1.82) is 0 Å². The molecular weight excluding hydrogens is 327 g/mol. The zero-order valence-corrected chi connectivity index (χ0v) is 13.8. The number of amides is 1. The summed E-state index contributed by atoms with van der Waals surface area (Å²) in [6.07, 6.45) is 1.91. The van der Waals surface area contributed by atoms with Crippen LogP contribution in [0.1, 0.15) is 16.2 Å². The summed E-state index contributed by atoms with van der Waals surface area (Å²) in [7, 11) is 0. The minimum absolute atomic E-state index is 0.00775. The largest absolute Gasteiger partial charge is 0.345 e. The molecule has 3 aromatic rings. The van der Waals surface area contributed by atoms with Gasteiger partial charge in [-0.3, -0.25) is 9.36 Å². The lowest BCUT2D eigenvalue weighted by atomic mass is 10.2. The summed E-state index contributed by atoms with van der Waals surface area (Å²) in [5, 5.41) is 11.7. The van der Waals surface area contributed by atoms with E-state index in [2.05, 4.69) is 15.5 Å². The van der Waals surface area contributed by atoms with Gasteiger partial charge in [0.05, 0.1) is 12.1 Å². The Morgan fingerprint density at radius 2 is 1.83 bits per heavy atom. The Bertz CT molecular complexity index is 851. The van der Waals surface area contributed by atoms with Crippen molar-refractivity contribution in [1.82, 2.24) is 20.1 Å². The Morgan fingerprint density at radius 3 is 2.54 bits per heavy atom. The predicted octanol–water partition coefficient (Wildman–Crippen LogP) is 3.06. The Morgan fingerprint density at radius 1 is 1.12 bits per heavy atom. The number of carbonyl (C=O) groups excluding carboxylic acids is 1. The second-order valence-electron chi connectivity index (χ2n) is 4.94. The van der Waals surface area contributed by atoms with E-state index in [0.717, 1.165) is 10.8 Å². The average molecular weight is 342 g/mol. The summed E-state index contributed by atoms with van der Waals surface area (Å²) in [4.78, 5) is 12.1. The van der Waals surface area contributed by atoms with Gasteiger partial charge in [0.1, 0.15) is 5.82 Å². The molecule has 0 saturated heterocycles. The van der Waals surface area contributed by atoms with Gasteiger partial charge in [0, 0.05) is 5.69 Å². The summed E-state index contributed by atoms with van der Waals surface area (Å²) in [6, 6.07) is 15.5. The highest BCUT2D eigenvalue weighted by molar-refractivity contribution is 7.98. The van der Waals surface area contributed by atoms with Crippen molar-refractivity contribution in [3.8, 4) is 5.69 Å². The normalized spacial score (nSPS) is 10.6. The summed E-state index contributed by atoms with van der Waals surface area (Å²) in [6.45, 7) is 0.148. The smallest absolute Gasteiger partial charge is 0.254 e. The van der Waals surface area contributed by atoms with E-state index in [1.54, 1.807) is 12.1 Å².